The first-order valence-electron chi connectivity index (χ1n) is 8.48. The van der Waals surface area contributed by atoms with Crippen molar-refractivity contribution in [3.63, 3.8) is 0 Å². The SMILES string of the molecule is COC(=O)Cn1c(=NC(=O)Cc2cc(C)ccc2OC)sc2cccc(F)c21. The van der Waals surface area contributed by atoms with Crippen LogP contribution in [0, 0.1) is 12.7 Å². The molecule has 0 unspecified atom stereocenters. The van der Waals surface area contributed by atoms with Gasteiger partial charge in [0.25, 0.3) is 5.91 Å². The van der Waals surface area contributed by atoms with E-state index in [0.29, 0.717) is 16.0 Å². The summed E-state index contributed by atoms with van der Waals surface area (Å²) < 4.78 is 26.3. The van der Waals surface area contributed by atoms with Crippen LogP contribution in [0.3, 0.4) is 0 Å². The van der Waals surface area contributed by atoms with E-state index in [1.54, 1.807) is 18.2 Å². The lowest BCUT2D eigenvalue weighted by molar-refractivity contribution is -0.141. The summed E-state index contributed by atoms with van der Waals surface area (Å²) in [6.07, 6.45) is 0.0276. The van der Waals surface area contributed by atoms with Crippen LogP contribution in [-0.2, 0) is 27.3 Å². The zero-order chi connectivity index (χ0) is 20.3. The average Bonchev–Trinajstić information content (AvgIpc) is 3.00. The fourth-order valence-corrected chi connectivity index (χ4v) is 3.93. The molecule has 8 heteroatoms. The number of thiazole rings is 1. The summed E-state index contributed by atoms with van der Waals surface area (Å²) in [7, 11) is 2.79. The third-order valence-corrected chi connectivity index (χ3v) is 5.21. The number of amides is 1. The fourth-order valence-electron chi connectivity index (χ4n) is 2.87. The Balaban J connectivity index is 2.05. The molecule has 0 spiro atoms. The number of aromatic nitrogens is 1. The van der Waals surface area contributed by atoms with Crippen molar-refractivity contribution in [2.24, 2.45) is 4.99 Å². The van der Waals surface area contributed by atoms with Crippen LogP contribution < -0.4 is 9.54 Å². The van der Waals surface area contributed by atoms with Crippen molar-refractivity contribution in [3.8, 4) is 5.75 Å². The molecule has 0 fully saturated rings. The van der Waals surface area contributed by atoms with Crippen LogP contribution in [0.1, 0.15) is 11.1 Å². The zero-order valence-corrected chi connectivity index (χ0v) is 16.5. The van der Waals surface area contributed by atoms with Gasteiger partial charge >= 0.3 is 5.97 Å². The van der Waals surface area contributed by atoms with Crippen molar-refractivity contribution in [1.29, 1.82) is 0 Å². The Morgan fingerprint density at radius 2 is 2.00 bits per heavy atom. The summed E-state index contributed by atoms with van der Waals surface area (Å²) in [6.45, 7) is 1.68. The molecule has 146 valence electrons. The molecule has 0 aliphatic rings. The number of halogens is 1. The van der Waals surface area contributed by atoms with Crippen LogP contribution in [0.4, 0.5) is 4.39 Å². The molecule has 28 heavy (non-hydrogen) atoms. The largest absolute Gasteiger partial charge is 0.496 e. The highest BCUT2D eigenvalue weighted by Gasteiger charge is 2.15. The molecular formula is C20H19FN2O4S. The number of hydrogen-bond acceptors (Lipinski definition) is 5. The minimum Gasteiger partial charge on any atom is -0.496 e. The summed E-state index contributed by atoms with van der Waals surface area (Å²) in [5.74, 6) is -0.877. The molecular weight excluding hydrogens is 383 g/mol. The van der Waals surface area contributed by atoms with Crippen molar-refractivity contribution >= 4 is 33.4 Å². The van der Waals surface area contributed by atoms with Crippen LogP contribution in [0.25, 0.3) is 10.2 Å². The predicted octanol–water partition coefficient (Wildman–Crippen LogP) is 3.00. The first kappa shape index (κ1) is 19.8. The highest BCUT2D eigenvalue weighted by molar-refractivity contribution is 7.16. The number of esters is 1. The lowest BCUT2D eigenvalue weighted by Crippen LogP contribution is -2.23. The van der Waals surface area contributed by atoms with Gasteiger partial charge in [-0.2, -0.15) is 4.99 Å². The summed E-state index contributed by atoms with van der Waals surface area (Å²) in [4.78, 5) is 28.7. The molecule has 1 heterocycles. The smallest absolute Gasteiger partial charge is 0.325 e. The Hall–Kier alpha value is -3.00. The number of hydrogen-bond donors (Lipinski definition) is 0. The van der Waals surface area contributed by atoms with Gasteiger partial charge in [-0.3, -0.25) is 9.59 Å². The van der Waals surface area contributed by atoms with Gasteiger partial charge in [0.15, 0.2) is 4.80 Å². The molecule has 1 aromatic heterocycles. The van der Waals surface area contributed by atoms with Crippen LogP contribution >= 0.6 is 11.3 Å². The molecule has 6 nitrogen and oxygen atoms in total. The Kier molecular flexibility index (Phi) is 5.89. The molecule has 0 atom stereocenters. The standard InChI is InChI=1S/C20H19FN2O4S/c1-12-7-8-15(26-2)13(9-12)10-17(24)22-20-23(11-18(25)27-3)19-14(21)5-4-6-16(19)28-20/h4-9H,10-11H2,1-3H3. The highest BCUT2D eigenvalue weighted by Crippen LogP contribution is 2.22. The number of methoxy groups -OCH3 is 2. The third kappa shape index (κ3) is 4.12. The number of carbonyl (C=O) groups is 2. The van der Waals surface area contributed by atoms with Crippen LogP contribution in [0.2, 0.25) is 0 Å². The summed E-state index contributed by atoms with van der Waals surface area (Å²) in [6, 6.07) is 10.1. The van der Waals surface area contributed by atoms with Crippen molar-refractivity contribution in [2.45, 2.75) is 19.9 Å². The quantitative estimate of drug-likeness (QED) is 0.615. The predicted molar refractivity (Wildman–Crippen MR) is 104 cm³/mol. The van der Waals surface area contributed by atoms with E-state index >= 15 is 0 Å². The van der Waals surface area contributed by atoms with Gasteiger partial charge in [-0.1, -0.05) is 35.1 Å². The Labute approximate surface area is 164 Å². The second kappa shape index (κ2) is 8.35. The normalized spacial score (nSPS) is 11.6. The van der Waals surface area contributed by atoms with E-state index in [-0.39, 0.29) is 23.3 Å². The Morgan fingerprint density at radius 3 is 2.71 bits per heavy atom. The van der Waals surface area contributed by atoms with E-state index in [4.69, 9.17) is 9.47 Å². The minimum atomic E-state index is -0.558. The zero-order valence-electron chi connectivity index (χ0n) is 15.7. The molecule has 1 amide bonds. The maximum Gasteiger partial charge on any atom is 0.325 e. The summed E-state index contributed by atoms with van der Waals surface area (Å²) in [5, 5.41) is 0. The van der Waals surface area contributed by atoms with E-state index in [9.17, 15) is 14.0 Å². The minimum absolute atomic E-state index is 0.0276. The molecule has 0 N–H and O–H groups in total. The first-order valence-corrected chi connectivity index (χ1v) is 9.30. The third-order valence-electron chi connectivity index (χ3n) is 4.16. The number of para-hydroxylation sites is 1. The lowest BCUT2D eigenvalue weighted by Gasteiger charge is -2.07. The topological polar surface area (TPSA) is 69.9 Å². The Morgan fingerprint density at radius 1 is 1.21 bits per heavy atom. The second-order valence-electron chi connectivity index (χ2n) is 6.13. The number of nitrogens with zero attached hydrogens (tertiary/aromatic N) is 2. The van der Waals surface area contributed by atoms with Gasteiger partial charge in [0.1, 0.15) is 18.1 Å². The molecule has 2 aromatic carbocycles. The van der Waals surface area contributed by atoms with Crippen molar-refractivity contribution in [1.82, 2.24) is 4.57 Å². The molecule has 3 aromatic rings. The maximum atomic E-state index is 14.3. The Bertz CT molecular complexity index is 1120. The molecule has 0 radical (unpaired) electrons. The number of carbonyl (C=O) groups excluding carboxylic acids is 2. The number of rotatable bonds is 5. The van der Waals surface area contributed by atoms with Gasteiger partial charge in [0.2, 0.25) is 0 Å². The van der Waals surface area contributed by atoms with E-state index in [0.717, 1.165) is 16.9 Å². The van der Waals surface area contributed by atoms with Gasteiger partial charge < -0.3 is 14.0 Å². The van der Waals surface area contributed by atoms with Gasteiger partial charge in [-0.25, -0.2) is 4.39 Å². The fraction of sp³-hybridized carbons (Fsp3) is 0.250. The molecule has 0 bridgehead atoms. The molecule has 0 saturated carbocycles. The number of ether oxygens (including phenoxy) is 2. The highest BCUT2D eigenvalue weighted by atomic mass is 32.1. The summed E-state index contributed by atoms with van der Waals surface area (Å²) in [5.41, 5.74) is 1.92. The second-order valence-corrected chi connectivity index (χ2v) is 7.14. The maximum absolute atomic E-state index is 14.3. The van der Waals surface area contributed by atoms with Gasteiger partial charge in [-0.15, -0.1) is 0 Å². The summed E-state index contributed by atoms with van der Waals surface area (Å²) >= 11 is 1.14. The molecule has 3 rings (SSSR count). The van der Waals surface area contributed by atoms with Crippen molar-refractivity contribution in [3.05, 3.63) is 58.1 Å². The van der Waals surface area contributed by atoms with E-state index in [1.165, 1.54) is 24.9 Å². The average molecular weight is 402 g/mol. The van der Waals surface area contributed by atoms with Crippen LogP contribution in [-0.4, -0.2) is 30.7 Å². The van der Waals surface area contributed by atoms with E-state index in [2.05, 4.69) is 4.99 Å². The first-order chi connectivity index (χ1) is 13.4. The van der Waals surface area contributed by atoms with Crippen LogP contribution in [0.5, 0.6) is 5.75 Å². The molecule has 0 aliphatic carbocycles. The van der Waals surface area contributed by atoms with Gasteiger partial charge in [-0.05, 0) is 25.1 Å². The van der Waals surface area contributed by atoms with Gasteiger partial charge in [0, 0.05) is 5.56 Å². The van der Waals surface area contributed by atoms with E-state index in [1.807, 2.05) is 19.1 Å². The number of fused-ring (bicyclic) bond motifs is 1. The van der Waals surface area contributed by atoms with Crippen molar-refractivity contribution < 1.29 is 23.5 Å². The van der Waals surface area contributed by atoms with Crippen molar-refractivity contribution in [2.75, 3.05) is 14.2 Å². The van der Waals surface area contributed by atoms with E-state index < -0.39 is 17.7 Å². The van der Waals surface area contributed by atoms with Crippen LogP contribution in [0.15, 0.2) is 41.4 Å². The molecule has 0 aliphatic heterocycles. The number of benzene rings is 2. The monoisotopic (exact) mass is 402 g/mol. The molecule has 0 saturated heterocycles. The number of aryl methyl sites for hydroxylation is 1. The van der Waals surface area contributed by atoms with Gasteiger partial charge in [0.05, 0.1) is 30.9 Å². The lowest BCUT2D eigenvalue weighted by atomic mass is 10.1.